The average Bonchev–Trinajstić information content (AvgIpc) is 2.56. The third-order valence-corrected chi connectivity index (χ3v) is 4.95. The Hall–Kier alpha value is -2.55. The van der Waals surface area contributed by atoms with Crippen LogP contribution in [0.5, 0.6) is 0 Å². The van der Waals surface area contributed by atoms with Crippen LogP contribution in [0.3, 0.4) is 0 Å². The molecule has 1 aromatic carbocycles. The Labute approximate surface area is 152 Å². The first kappa shape index (κ1) is 19.8. The molecule has 2 amide bonds. The maximum Gasteiger partial charge on any atom is 0.333 e. The van der Waals surface area contributed by atoms with Crippen LogP contribution in [0.2, 0.25) is 0 Å². The average molecular weight is 380 g/mol. The van der Waals surface area contributed by atoms with Crippen molar-refractivity contribution >= 4 is 21.7 Å². The summed E-state index contributed by atoms with van der Waals surface area (Å²) < 4.78 is 40.2. The summed E-state index contributed by atoms with van der Waals surface area (Å²) in [6.45, 7) is 7.44. The summed E-state index contributed by atoms with van der Waals surface area (Å²) in [6.07, 6.45) is 2.33. The zero-order chi connectivity index (χ0) is 19.5. The maximum absolute atomic E-state index is 13.9. The van der Waals surface area contributed by atoms with Crippen LogP contribution in [0, 0.1) is 5.82 Å². The van der Waals surface area contributed by atoms with E-state index in [-0.39, 0.29) is 16.9 Å². The normalized spacial score (nSPS) is 11.7. The Morgan fingerprint density at radius 2 is 1.69 bits per heavy atom. The van der Waals surface area contributed by atoms with Gasteiger partial charge in [0.2, 0.25) is 0 Å². The van der Waals surface area contributed by atoms with Crippen LogP contribution >= 0.6 is 0 Å². The highest BCUT2D eigenvalue weighted by molar-refractivity contribution is 7.90. The number of sulfonamides is 1. The van der Waals surface area contributed by atoms with E-state index in [2.05, 4.69) is 15.3 Å². The van der Waals surface area contributed by atoms with Crippen molar-refractivity contribution in [3.05, 3.63) is 47.7 Å². The molecule has 7 nitrogen and oxygen atoms in total. The van der Waals surface area contributed by atoms with Gasteiger partial charge in [0.05, 0.1) is 0 Å². The summed E-state index contributed by atoms with van der Waals surface area (Å²) in [5.74, 6) is -0.550. The van der Waals surface area contributed by atoms with E-state index in [9.17, 15) is 17.6 Å². The standard InChI is InChI=1S/C17H21FN4O3S/c1-10(2)13-7-12(18)8-14(11(3)4)16(13)21-17(23)22-26(24,25)15-5-6-19-9-20-15/h5-11H,1-4H3,(H2,21,22,23). The lowest BCUT2D eigenvalue weighted by molar-refractivity contribution is 0.256. The zero-order valence-corrected chi connectivity index (χ0v) is 15.8. The monoisotopic (exact) mass is 380 g/mol. The molecule has 2 aromatic rings. The van der Waals surface area contributed by atoms with Crippen molar-refractivity contribution < 1.29 is 17.6 Å². The van der Waals surface area contributed by atoms with Gasteiger partial charge in [-0.15, -0.1) is 0 Å². The summed E-state index contributed by atoms with van der Waals surface area (Å²) >= 11 is 0. The molecule has 0 aliphatic carbocycles. The molecule has 140 valence electrons. The minimum absolute atomic E-state index is 0.0722. The Morgan fingerprint density at radius 3 is 2.15 bits per heavy atom. The van der Waals surface area contributed by atoms with Crippen molar-refractivity contribution in [2.75, 3.05) is 5.32 Å². The van der Waals surface area contributed by atoms with Gasteiger partial charge in [-0.05, 0) is 41.2 Å². The number of anilines is 1. The summed E-state index contributed by atoms with van der Waals surface area (Å²) in [5, 5.41) is 2.23. The lowest BCUT2D eigenvalue weighted by atomic mass is 9.92. The first-order valence-corrected chi connectivity index (χ1v) is 9.53. The van der Waals surface area contributed by atoms with E-state index >= 15 is 0 Å². The van der Waals surface area contributed by atoms with Crippen molar-refractivity contribution in [3.63, 3.8) is 0 Å². The van der Waals surface area contributed by atoms with Crippen LogP contribution in [-0.2, 0) is 10.0 Å². The zero-order valence-electron chi connectivity index (χ0n) is 14.9. The molecule has 0 unspecified atom stereocenters. The second kappa shape index (κ2) is 7.77. The maximum atomic E-state index is 13.9. The molecule has 26 heavy (non-hydrogen) atoms. The largest absolute Gasteiger partial charge is 0.333 e. The SMILES string of the molecule is CC(C)c1cc(F)cc(C(C)C)c1NC(=O)NS(=O)(=O)c1ccncn1. The van der Waals surface area contributed by atoms with E-state index in [1.807, 2.05) is 32.4 Å². The van der Waals surface area contributed by atoms with Crippen molar-refractivity contribution in [3.8, 4) is 0 Å². The minimum atomic E-state index is -4.14. The molecule has 9 heteroatoms. The van der Waals surface area contributed by atoms with E-state index in [0.29, 0.717) is 16.8 Å². The number of hydrogen-bond acceptors (Lipinski definition) is 5. The highest BCUT2D eigenvalue weighted by atomic mass is 32.2. The fraction of sp³-hybridized carbons (Fsp3) is 0.353. The molecule has 1 aromatic heterocycles. The van der Waals surface area contributed by atoms with Gasteiger partial charge >= 0.3 is 6.03 Å². The van der Waals surface area contributed by atoms with Crippen LogP contribution in [0.4, 0.5) is 14.9 Å². The molecule has 0 saturated heterocycles. The van der Waals surface area contributed by atoms with Gasteiger partial charge in [-0.1, -0.05) is 27.7 Å². The van der Waals surface area contributed by atoms with E-state index in [1.165, 1.54) is 24.4 Å². The number of rotatable bonds is 5. The van der Waals surface area contributed by atoms with Crippen LogP contribution in [-0.4, -0.2) is 24.4 Å². The van der Waals surface area contributed by atoms with Crippen LogP contribution in [0.15, 0.2) is 35.7 Å². The first-order chi connectivity index (χ1) is 12.1. The van der Waals surface area contributed by atoms with Crippen molar-refractivity contribution in [2.45, 2.75) is 44.6 Å². The Balaban J connectivity index is 2.34. The molecule has 0 aliphatic rings. The molecule has 0 saturated carbocycles. The van der Waals surface area contributed by atoms with E-state index in [4.69, 9.17) is 0 Å². The predicted octanol–water partition coefficient (Wildman–Crippen LogP) is 3.37. The molecule has 0 aliphatic heterocycles. The molecule has 0 atom stereocenters. The highest BCUT2D eigenvalue weighted by Gasteiger charge is 2.22. The molecule has 1 heterocycles. The molecule has 2 rings (SSSR count). The highest BCUT2D eigenvalue weighted by Crippen LogP contribution is 2.33. The number of benzene rings is 1. The third kappa shape index (κ3) is 4.54. The van der Waals surface area contributed by atoms with Crippen LogP contribution in [0.1, 0.15) is 50.7 Å². The quantitative estimate of drug-likeness (QED) is 0.775. The molecule has 0 fully saturated rings. The lowest BCUT2D eigenvalue weighted by Crippen LogP contribution is -2.35. The van der Waals surface area contributed by atoms with Gasteiger partial charge in [-0.25, -0.2) is 23.9 Å². The number of amides is 2. The van der Waals surface area contributed by atoms with Gasteiger partial charge in [-0.3, -0.25) is 0 Å². The molecular formula is C17H21FN4O3S. The van der Waals surface area contributed by atoms with Crippen molar-refractivity contribution in [1.82, 2.24) is 14.7 Å². The van der Waals surface area contributed by atoms with Crippen molar-refractivity contribution in [1.29, 1.82) is 0 Å². The van der Waals surface area contributed by atoms with Gasteiger partial charge in [0.25, 0.3) is 10.0 Å². The Bertz CT molecular complexity index is 870. The number of carbonyl (C=O) groups is 1. The Kier molecular flexibility index (Phi) is 5.91. The van der Waals surface area contributed by atoms with Crippen molar-refractivity contribution in [2.24, 2.45) is 0 Å². The lowest BCUT2D eigenvalue weighted by Gasteiger charge is -2.20. The number of nitrogens with one attached hydrogen (secondary N) is 2. The van der Waals surface area contributed by atoms with E-state index in [0.717, 1.165) is 6.33 Å². The summed E-state index contributed by atoms with van der Waals surface area (Å²) in [5.41, 5.74) is 1.58. The number of carbonyl (C=O) groups excluding carboxylic acids is 1. The summed E-state index contributed by atoms with van der Waals surface area (Å²) in [6, 6.07) is 2.90. The third-order valence-electron chi connectivity index (χ3n) is 3.70. The first-order valence-electron chi connectivity index (χ1n) is 8.05. The van der Waals surface area contributed by atoms with Crippen LogP contribution < -0.4 is 10.0 Å². The summed E-state index contributed by atoms with van der Waals surface area (Å²) in [7, 11) is -4.14. The number of hydrogen-bond donors (Lipinski definition) is 2. The molecule has 0 bridgehead atoms. The van der Waals surface area contributed by atoms with Gasteiger partial charge in [0.15, 0.2) is 5.03 Å². The molecule has 0 radical (unpaired) electrons. The number of urea groups is 1. The smallest absolute Gasteiger partial charge is 0.307 e. The Morgan fingerprint density at radius 1 is 1.12 bits per heavy atom. The second-order valence-electron chi connectivity index (χ2n) is 6.38. The van der Waals surface area contributed by atoms with E-state index in [1.54, 1.807) is 0 Å². The van der Waals surface area contributed by atoms with Crippen LogP contribution in [0.25, 0.3) is 0 Å². The van der Waals surface area contributed by atoms with Gasteiger partial charge in [0, 0.05) is 11.9 Å². The topological polar surface area (TPSA) is 101 Å². The molecule has 0 spiro atoms. The fourth-order valence-electron chi connectivity index (χ4n) is 2.46. The van der Waals surface area contributed by atoms with Gasteiger partial charge in [-0.2, -0.15) is 8.42 Å². The molecular weight excluding hydrogens is 359 g/mol. The summed E-state index contributed by atoms with van der Waals surface area (Å²) in [4.78, 5) is 19.6. The molecule has 2 N–H and O–H groups in total. The predicted molar refractivity (Wildman–Crippen MR) is 96.0 cm³/mol. The fourth-order valence-corrected chi connectivity index (χ4v) is 3.28. The van der Waals surface area contributed by atoms with Gasteiger partial charge < -0.3 is 5.32 Å². The number of nitrogens with zero attached hydrogens (tertiary/aromatic N) is 2. The number of aromatic nitrogens is 2. The van der Waals surface area contributed by atoms with Gasteiger partial charge in [0.1, 0.15) is 12.1 Å². The minimum Gasteiger partial charge on any atom is -0.307 e. The van der Waals surface area contributed by atoms with E-state index < -0.39 is 21.9 Å². The number of halogens is 1. The second-order valence-corrected chi connectivity index (χ2v) is 8.01.